The van der Waals surface area contributed by atoms with Crippen LogP contribution >= 0.6 is 46.3 Å². The number of ether oxygens (including phenoxy) is 1. The highest BCUT2D eigenvalue weighted by atomic mass is 35.5. The number of thioether (sulfide) groups is 1. The van der Waals surface area contributed by atoms with E-state index in [-0.39, 0.29) is 18.3 Å². The fourth-order valence-electron chi connectivity index (χ4n) is 3.83. The van der Waals surface area contributed by atoms with Gasteiger partial charge in [-0.15, -0.1) is 21.5 Å². The molecular formula is C23H23Cl2N5O2S2. The number of nitrogens with zero attached hydrogens (tertiary/aromatic N) is 4. The van der Waals surface area contributed by atoms with Gasteiger partial charge in [-0.05, 0) is 49.8 Å². The number of hydrogen-bond acceptors (Lipinski definition) is 7. The lowest BCUT2D eigenvalue weighted by atomic mass is 9.89. The molecule has 1 aliphatic carbocycles. The number of nitrogens with one attached hydrogen (secondary N) is 1. The summed E-state index contributed by atoms with van der Waals surface area (Å²) in [6, 6.07) is 7.30. The lowest BCUT2D eigenvalue weighted by Crippen LogP contribution is -2.15. The molecule has 1 aliphatic rings. The number of carbonyl (C=O) groups is 1. The van der Waals surface area contributed by atoms with Crippen molar-refractivity contribution in [2.75, 3.05) is 11.1 Å². The summed E-state index contributed by atoms with van der Waals surface area (Å²) < 4.78 is 7.67. The second-order valence-corrected chi connectivity index (χ2v) is 10.9. The maximum Gasteiger partial charge on any atom is 0.235 e. The largest absolute Gasteiger partial charge is 0.484 e. The van der Waals surface area contributed by atoms with E-state index in [2.05, 4.69) is 28.5 Å². The number of halogens is 2. The molecule has 3 aromatic rings. The molecule has 0 spiro atoms. The van der Waals surface area contributed by atoms with Crippen molar-refractivity contribution < 1.29 is 9.53 Å². The van der Waals surface area contributed by atoms with Gasteiger partial charge in [-0.3, -0.25) is 4.79 Å². The van der Waals surface area contributed by atoms with E-state index in [0.29, 0.717) is 49.8 Å². The van der Waals surface area contributed by atoms with E-state index in [9.17, 15) is 10.1 Å². The Morgan fingerprint density at radius 2 is 2.24 bits per heavy atom. The third kappa shape index (κ3) is 5.52. The average molecular weight is 537 g/mol. The molecule has 11 heteroatoms. The number of fused-ring (bicyclic) bond motifs is 1. The van der Waals surface area contributed by atoms with Crippen molar-refractivity contribution in [3.05, 3.63) is 50.1 Å². The quantitative estimate of drug-likeness (QED) is 0.357. The van der Waals surface area contributed by atoms with E-state index in [1.807, 2.05) is 11.5 Å². The Morgan fingerprint density at radius 3 is 3.00 bits per heavy atom. The Morgan fingerprint density at radius 1 is 1.41 bits per heavy atom. The Labute approximate surface area is 216 Å². The number of nitriles is 1. The van der Waals surface area contributed by atoms with Crippen LogP contribution in [0.3, 0.4) is 0 Å². The molecule has 0 saturated heterocycles. The van der Waals surface area contributed by atoms with Gasteiger partial charge in [0.25, 0.3) is 0 Å². The second-order valence-electron chi connectivity index (χ2n) is 8.01. The van der Waals surface area contributed by atoms with Gasteiger partial charge < -0.3 is 14.6 Å². The van der Waals surface area contributed by atoms with Crippen LogP contribution in [0.2, 0.25) is 10.0 Å². The standard InChI is InChI=1S/C23H23Cl2N5O2S2/c1-3-30-20(11-32-18-9-14(24)5-7-17(18)25)28-29-23(30)33-12-21(31)27-22-16(10-26)15-6-4-13(2)8-19(15)34-22/h5,7,9,13H,3-4,6,8,11-12H2,1-2H3,(H,27,31). The van der Waals surface area contributed by atoms with E-state index in [1.54, 1.807) is 18.2 Å². The zero-order chi connectivity index (χ0) is 24.2. The molecule has 178 valence electrons. The van der Waals surface area contributed by atoms with Gasteiger partial charge in [0.05, 0.1) is 16.3 Å². The van der Waals surface area contributed by atoms with Gasteiger partial charge in [0, 0.05) is 22.5 Å². The molecule has 2 heterocycles. The maximum atomic E-state index is 12.7. The van der Waals surface area contributed by atoms with Crippen LogP contribution in [0.5, 0.6) is 5.75 Å². The molecule has 0 fully saturated rings. The first kappa shape index (κ1) is 24.9. The van der Waals surface area contributed by atoms with Gasteiger partial charge in [-0.2, -0.15) is 5.26 Å². The molecule has 1 atom stereocenters. The minimum Gasteiger partial charge on any atom is -0.484 e. The van der Waals surface area contributed by atoms with Crippen molar-refractivity contribution in [3.8, 4) is 11.8 Å². The third-order valence-corrected chi connectivity index (χ3v) is 8.25. The van der Waals surface area contributed by atoms with E-state index < -0.39 is 0 Å². The van der Waals surface area contributed by atoms with Crippen molar-refractivity contribution in [3.63, 3.8) is 0 Å². The van der Waals surface area contributed by atoms with Crippen LogP contribution < -0.4 is 10.1 Å². The third-order valence-electron chi connectivity index (χ3n) is 5.57. The summed E-state index contributed by atoms with van der Waals surface area (Å²) in [5.74, 6) is 1.67. The molecule has 4 rings (SSSR count). The van der Waals surface area contributed by atoms with Crippen LogP contribution in [-0.4, -0.2) is 26.4 Å². The summed E-state index contributed by atoms with van der Waals surface area (Å²) in [6.07, 6.45) is 2.93. The predicted octanol–water partition coefficient (Wildman–Crippen LogP) is 5.97. The van der Waals surface area contributed by atoms with E-state index >= 15 is 0 Å². The van der Waals surface area contributed by atoms with Gasteiger partial charge in [0.15, 0.2) is 11.0 Å². The number of rotatable bonds is 8. The lowest BCUT2D eigenvalue weighted by Gasteiger charge is -2.17. The number of anilines is 1. The topological polar surface area (TPSA) is 92.8 Å². The fraction of sp³-hybridized carbons (Fsp3) is 0.391. The number of aromatic nitrogens is 3. The van der Waals surface area contributed by atoms with Crippen molar-refractivity contribution in [1.82, 2.24) is 14.8 Å². The minimum atomic E-state index is -0.178. The Bertz CT molecular complexity index is 1250. The smallest absolute Gasteiger partial charge is 0.235 e. The monoisotopic (exact) mass is 535 g/mol. The number of carbonyl (C=O) groups excluding carboxylic acids is 1. The molecule has 1 N–H and O–H groups in total. The summed E-state index contributed by atoms with van der Waals surface area (Å²) in [5.41, 5.74) is 1.71. The highest BCUT2D eigenvalue weighted by molar-refractivity contribution is 7.99. The van der Waals surface area contributed by atoms with Crippen LogP contribution in [0, 0.1) is 17.2 Å². The predicted molar refractivity (Wildman–Crippen MR) is 136 cm³/mol. The fourth-order valence-corrected chi connectivity index (χ4v) is 6.36. The van der Waals surface area contributed by atoms with Crippen molar-refractivity contribution >= 4 is 57.2 Å². The first-order valence-corrected chi connectivity index (χ1v) is 13.4. The molecule has 0 radical (unpaired) electrons. The first-order valence-electron chi connectivity index (χ1n) is 10.9. The van der Waals surface area contributed by atoms with Crippen LogP contribution in [0.25, 0.3) is 0 Å². The zero-order valence-corrected chi connectivity index (χ0v) is 21.9. The normalized spacial score (nSPS) is 15.0. The number of amides is 1. The van der Waals surface area contributed by atoms with Crippen LogP contribution in [-0.2, 0) is 30.8 Å². The summed E-state index contributed by atoms with van der Waals surface area (Å²) in [5, 5.41) is 23.3. The van der Waals surface area contributed by atoms with Gasteiger partial charge in [0.2, 0.25) is 5.91 Å². The Hall–Kier alpha value is -2.25. The number of thiophene rings is 1. The summed E-state index contributed by atoms with van der Waals surface area (Å²) in [6.45, 7) is 4.97. The maximum absolute atomic E-state index is 12.7. The Kier molecular flexibility index (Phi) is 8.04. The SMILES string of the molecule is CCn1c(COc2cc(Cl)ccc2Cl)nnc1SCC(=O)Nc1sc2c(c1C#N)CCC(C)C2. The zero-order valence-electron chi connectivity index (χ0n) is 18.7. The minimum absolute atomic E-state index is 0.156. The number of hydrogen-bond donors (Lipinski definition) is 1. The lowest BCUT2D eigenvalue weighted by molar-refractivity contribution is -0.113. The van der Waals surface area contributed by atoms with Crippen LogP contribution in [0.15, 0.2) is 23.4 Å². The van der Waals surface area contributed by atoms with Gasteiger partial charge >= 0.3 is 0 Å². The van der Waals surface area contributed by atoms with Crippen LogP contribution in [0.1, 0.15) is 42.1 Å². The molecule has 1 amide bonds. The van der Waals surface area contributed by atoms with Crippen molar-refractivity contribution in [1.29, 1.82) is 5.26 Å². The molecule has 0 aliphatic heterocycles. The average Bonchev–Trinajstić information content (AvgIpc) is 3.37. The van der Waals surface area contributed by atoms with E-state index in [4.69, 9.17) is 27.9 Å². The first-order chi connectivity index (χ1) is 16.4. The molecule has 2 aromatic heterocycles. The second kappa shape index (κ2) is 11.0. The van der Waals surface area contributed by atoms with Crippen molar-refractivity contribution in [2.45, 2.75) is 51.4 Å². The molecule has 1 unspecified atom stereocenters. The summed E-state index contributed by atoms with van der Waals surface area (Å²) >= 11 is 15.0. The molecule has 1 aromatic carbocycles. The molecule has 34 heavy (non-hydrogen) atoms. The van der Waals surface area contributed by atoms with Gasteiger partial charge in [-0.1, -0.05) is 41.9 Å². The highest BCUT2D eigenvalue weighted by Crippen LogP contribution is 2.39. The highest BCUT2D eigenvalue weighted by Gasteiger charge is 2.25. The van der Waals surface area contributed by atoms with Gasteiger partial charge in [-0.25, -0.2) is 0 Å². The molecular weight excluding hydrogens is 513 g/mol. The van der Waals surface area contributed by atoms with Crippen LogP contribution in [0.4, 0.5) is 5.00 Å². The van der Waals surface area contributed by atoms with E-state index in [0.717, 1.165) is 24.8 Å². The van der Waals surface area contributed by atoms with Crippen molar-refractivity contribution in [2.24, 2.45) is 5.92 Å². The summed E-state index contributed by atoms with van der Waals surface area (Å²) in [7, 11) is 0. The molecule has 7 nitrogen and oxygen atoms in total. The molecule has 0 bridgehead atoms. The van der Waals surface area contributed by atoms with E-state index in [1.165, 1.54) is 28.0 Å². The molecule has 0 saturated carbocycles. The van der Waals surface area contributed by atoms with Gasteiger partial charge in [0.1, 0.15) is 23.4 Å². The number of benzene rings is 1. The summed E-state index contributed by atoms with van der Waals surface area (Å²) in [4.78, 5) is 13.9. The Balaban J connectivity index is 1.38.